The number of thioether (sulfide) groups is 1. The molecule has 158 valence electrons. The predicted molar refractivity (Wildman–Crippen MR) is 122 cm³/mol. The summed E-state index contributed by atoms with van der Waals surface area (Å²) < 4.78 is -0.513. The molecule has 28 heavy (non-hydrogen) atoms. The van der Waals surface area contributed by atoms with Gasteiger partial charge in [-0.25, -0.2) is 0 Å². The molecular formula is C18H28Cl2N4O2S2. The molecule has 0 spiro atoms. The molecule has 1 rings (SSSR count). The Morgan fingerprint density at radius 1 is 1.29 bits per heavy atom. The van der Waals surface area contributed by atoms with Crippen molar-refractivity contribution < 1.29 is 9.59 Å². The number of nitrogens with two attached hydrogens (primary N) is 1. The van der Waals surface area contributed by atoms with Crippen LogP contribution in [0.2, 0.25) is 10.0 Å². The first-order valence-corrected chi connectivity index (χ1v) is 11.1. The van der Waals surface area contributed by atoms with Gasteiger partial charge in [-0.3, -0.25) is 9.59 Å². The highest BCUT2D eigenvalue weighted by Crippen LogP contribution is 2.28. The molecule has 0 aliphatic rings. The lowest BCUT2D eigenvalue weighted by Gasteiger charge is -2.34. The Balaban J connectivity index is 2.84. The van der Waals surface area contributed by atoms with Crippen molar-refractivity contribution in [3.8, 4) is 0 Å². The van der Waals surface area contributed by atoms with Gasteiger partial charge in [-0.1, -0.05) is 35.3 Å². The van der Waals surface area contributed by atoms with E-state index in [4.69, 9.17) is 28.9 Å². The normalized spacial score (nSPS) is 13.7. The largest absolute Gasteiger partial charge is 0.351 e. The van der Waals surface area contributed by atoms with E-state index in [-0.39, 0.29) is 24.4 Å². The van der Waals surface area contributed by atoms with E-state index < -0.39 is 10.8 Å². The Bertz CT molecular complexity index is 677. The van der Waals surface area contributed by atoms with E-state index in [1.807, 2.05) is 19.9 Å². The van der Waals surface area contributed by atoms with Crippen LogP contribution < -0.4 is 21.7 Å². The molecule has 2 atom stereocenters. The second-order valence-corrected chi connectivity index (χ2v) is 9.62. The molecule has 2 unspecified atom stereocenters. The monoisotopic (exact) mass is 466 g/mol. The summed E-state index contributed by atoms with van der Waals surface area (Å²) in [7, 11) is 0. The van der Waals surface area contributed by atoms with Crippen molar-refractivity contribution in [3.05, 3.63) is 33.8 Å². The topological polar surface area (TPSA) is 96.2 Å². The standard InChI is InChI=1S/C18H28Cl2N4O2S2/c1-11(25)24-10-28-18(2,3)16(22-8-13(21)9-27)17(26)23-7-12-5-4-6-14(19)15(12)20/h4-6,13,16,22,27H,7-10,21H2,1-3H3,(H,23,26)(H,24,25). The summed E-state index contributed by atoms with van der Waals surface area (Å²) >= 11 is 17.9. The average molecular weight is 467 g/mol. The highest BCUT2D eigenvalue weighted by molar-refractivity contribution is 8.00. The first-order chi connectivity index (χ1) is 13.1. The fourth-order valence-electron chi connectivity index (χ4n) is 2.36. The lowest BCUT2D eigenvalue weighted by atomic mass is 10.0. The minimum Gasteiger partial charge on any atom is -0.351 e. The molecule has 0 aromatic heterocycles. The number of amides is 2. The summed E-state index contributed by atoms with van der Waals surface area (Å²) in [5, 5.41) is 9.74. The van der Waals surface area contributed by atoms with Gasteiger partial charge in [0, 0.05) is 36.6 Å². The van der Waals surface area contributed by atoms with Crippen molar-refractivity contribution in [1.29, 1.82) is 0 Å². The summed E-state index contributed by atoms with van der Waals surface area (Å²) in [6, 6.07) is 4.56. The van der Waals surface area contributed by atoms with E-state index in [1.54, 1.807) is 12.1 Å². The van der Waals surface area contributed by atoms with E-state index in [0.29, 0.717) is 28.2 Å². The van der Waals surface area contributed by atoms with E-state index in [1.165, 1.54) is 18.7 Å². The number of hydrogen-bond acceptors (Lipinski definition) is 6. The molecule has 0 aliphatic carbocycles. The van der Waals surface area contributed by atoms with E-state index in [2.05, 4.69) is 28.6 Å². The maximum atomic E-state index is 12.9. The van der Waals surface area contributed by atoms with Gasteiger partial charge in [0.05, 0.1) is 15.9 Å². The quantitative estimate of drug-likeness (QED) is 0.255. The molecule has 10 heteroatoms. The van der Waals surface area contributed by atoms with Gasteiger partial charge < -0.3 is 21.7 Å². The predicted octanol–water partition coefficient (Wildman–Crippen LogP) is 2.43. The zero-order valence-corrected chi connectivity index (χ0v) is 19.4. The van der Waals surface area contributed by atoms with Crippen molar-refractivity contribution in [2.75, 3.05) is 18.2 Å². The number of thiol groups is 1. The lowest BCUT2D eigenvalue weighted by molar-refractivity contribution is -0.124. The molecule has 2 amide bonds. The first kappa shape index (κ1) is 25.4. The summed E-state index contributed by atoms with van der Waals surface area (Å²) in [4.78, 5) is 24.1. The third-order valence-electron chi connectivity index (χ3n) is 4.03. The van der Waals surface area contributed by atoms with Gasteiger partial charge in [0.25, 0.3) is 0 Å². The van der Waals surface area contributed by atoms with E-state index in [9.17, 15) is 9.59 Å². The molecule has 0 heterocycles. The number of carbonyl (C=O) groups excluding carboxylic acids is 2. The second-order valence-electron chi connectivity index (χ2n) is 6.84. The number of halogens is 2. The minimum atomic E-state index is -0.546. The molecule has 0 saturated heterocycles. The summed E-state index contributed by atoms with van der Waals surface area (Å²) in [5.41, 5.74) is 6.67. The van der Waals surface area contributed by atoms with Gasteiger partial charge in [0.15, 0.2) is 0 Å². The van der Waals surface area contributed by atoms with Gasteiger partial charge in [-0.15, -0.1) is 11.8 Å². The van der Waals surface area contributed by atoms with Crippen LogP contribution in [0.15, 0.2) is 18.2 Å². The number of benzene rings is 1. The van der Waals surface area contributed by atoms with Crippen molar-refractivity contribution >= 4 is 59.4 Å². The first-order valence-electron chi connectivity index (χ1n) is 8.77. The van der Waals surface area contributed by atoms with E-state index >= 15 is 0 Å². The van der Waals surface area contributed by atoms with Crippen LogP contribution in [0.4, 0.5) is 0 Å². The Morgan fingerprint density at radius 3 is 2.57 bits per heavy atom. The molecule has 0 saturated carbocycles. The zero-order chi connectivity index (χ0) is 21.3. The van der Waals surface area contributed by atoms with Crippen molar-refractivity contribution in [2.24, 2.45) is 5.73 Å². The van der Waals surface area contributed by atoms with Crippen molar-refractivity contribution in [3.63, 3.8) is 0 Å². The number of rotatable bonds is 11. The van der Waals surface area contributed by atoms with Crippen LogP contribution in [-0.4, -0.2) is 46.8 Å². The van der Waals surface area contributed by atoms with Crippen LogP contribution in [0.3, 0.4) is 0 Å². The highest BCUT2D eigenvalue weighted by Gasteiger charge is 2.35. The summed E-state index contributed by atoms with van der Waals surface area (Å²) in [6.07, 6.45) is 0. The number of hydrogen-bond donors (Lipinski definition) is 5. The molecule has 1 aromatic carbocycles. The summed E-state index contributed by atoms with van der Waals surface area (Å²) in [6.45, 7) is 6.02. The second kappa shape index (κ2) is 12.1. The molecule has 1 aromatic rings. The van der Waals surface area contributed by atoms with Gasteiger partial charge in [-0.05, 0) is 25.5 Å². The van der Waals surface area contributed by atoms with Crippen molar-refractivity contribution in [1.82, 2.24) is 16.0 Å². The molecular weight excluding hydrogens is 439 g/mol. The maximum absolute atomic E-state index is 12.9. The van der Waals surface area contributed by atoms with Crippen LogP contribution in [0, 0.1) is 0 Å². The number of nitrogens with one attached hydrogen (secondary N) is 3. The molecule has 5 N–H and O–H groups in total. The molecule has 0 aliphatic heterocycles. The van der Waals surface area contributed by atoms with Crippen LogP contribution in [0.1, 0.15) is 26.3 Å². The minimum absolute atomic E-state index is 0.120. The van der Waals surface area contributed by atoms with Gasteiger partial charge in [0.1, 0.15) is 6.04 Å². The van der Waals surface area contributed by atoms with Gasteiger partial charge in [0.2, 0.25) is 11.8 Å². The van der Waals surface area contributed by atoms with Crippen LogP contribution >= 0.6 is 47.6 Å². The Labute approximate surface area is 186 Å². The summed E-state index contributed by atoms with van der Waals surface area (Å²) in [5.74, 6) is 0.582. The van der Waals surface area contributed by atoms with Crippen molar-refractivity contribution in [2.45, 2.75) is 44.1 Å². The SMILES string of the molecule is CC(=O)NCSC(C)(C)C(NCC(N)CS)C(=O)NCc1cccc(Cl)c1Cl. The fraction of sp³-hybridized carbons (Fsp3) is 0.556. The molecule has 0 bridgehead atoms. The van der Waals surface area contributed by atoms with Gasteiger partial charge in [-0.2, -0.15) is 12.6 Å². The molecule has 0 radical (unpaired) electrons. The van der Waals surface area contributed by atoms with Crippen LogP contribution in [-0.2, 0) is 16.1 Å². The third kappa shape index (κ3) is 8.39. The van der Waals surface area contributed by atoms with Gasteiger partial charge >= 0.3 is 0 Å². The lowest BCUT2D eigenvalue weighted by Crippen LogP contribution is -2.57. The zero-order valence-electron chi connectivity index (χ0n) is 16.2. The average Bonchev–Trinajstić information content (AvgIpc) is 2.62. The maximum Gasteiger partial charge on any atom is 0.238 e. The smallest absolute Gasteiger partial charge is 0.238 e. The van der Waals surface area contributed by atoms with E-state index in [0.717, 1.165) is 5.56 Å². The molecule has 0 fully saturated rings. The highest BCUT2D eigenvalue weighted by atomic mass is 35.5. The number of carbonyl (C=O) groups is 2. The third-order valence-corrected chi connectivity index (χ3v) is 6.62. The fourth-order valence-corrected chi connectivity index (χ4v) is 3.88. The molecule has 6 nitrogen and oxygen atoms in total. The van der Waals surface area contributed by atoms with Crippen LogP contribution in [0.25, 0.3) is 0 Å². The Morgan fingerprint density at radius 2 is 1.96 bits per heavy atom. The van der Waals surface area contributed by atoms with Crippen LogP contribution in [0.5, 0.6) is 0 Å². The Hall–Kier alpha value is -0.640. The Kier molecular flexibility index (Phi) is 11.0.